The Morgan fingerprint density at radius 1 is 1.18 bits per heavy atom. The first-order valence-corrected chi connectivity index (χ1v) is 11.1. The molecule has 4 aromatic rings. The van der Waals surface area contributed by atoms with Gasteiger partial charge in [-0.15, -0.1) is 22.7 Å². The minimum atomic E-state index is -0.432. The van der Waals surface area contributed by atoms with Crippen LogP contribution in [0.2, 0.25) is 0 Å². The molecule has 0 radical (unpaired) electrons. The largest absolute Gasteiger partial charge is 0.301 e. The number of nitrogens with zero attached hydrogens (tertiary/aromatic N) is 3. The van der Waals surface area contributed by atoms with Gasteiger partial charge in [0.15, 0.2) is 10.3 Å². The Labute approximate surface area is 173 Å². The summed E-state index contributed by atoms with van der Waals surface area (Å²) in [5, 5.41) is 7.24. The standard InChI is InChI=1S/C19H16N4O2S3/c1-11(28-19-21-13-8-9-26-15(13)17(25)23(19)2)16(24)22-18-20-14(10-27-18)12-6-4-3-5-7-12/h3-11H,1-2H3,(H,20,22,24). The summed E-state index contributed by atoms with van der Waals surface area (Å²) in [7, 11) is 1.68. The second-order valence-electron chi connectivity index (χ2n) is 6.05. The van der Waals surface area contributed by atoms with Crippen molar-refractivity contribution in [3.8, 4) is 11.3 Å². The first kappa shape index (κ1) is 18.9. The summed E-state index contributed by atoms with van der Waals surface area (Å²) in [6.07, 6.45) is 0. The van der Waals surface area contributed by atoms with Crippen LogP contribution in [0.1, 0.15) is 6.92 Å². The molecule has 0 aliphatic carbocycles. The predicted octanol–water partition coefficient (Wildman–Crippen LogP) is 4.24. The van der Waals surface area contributed by atoms with Crippen LogP contribution in [0.25, 0.3) is 21.5 Å². The van der Waals surface area contributed by atoms with E-state index >= 15 is 0 Å². The number of carbonyl (C=O) groups excluding carboxylic acids is 1. The zero-order valence-electron chi connectivity index (χ0n) is 15.1. The molecule has 1 unspecified atom stereocenters. The molecule has 0 aliphatic heterocycles. The average Bonchev–Trinajstić information content (AvgIpc) is 3.36. The summed E-state index contributed by atoms with van der Waals surface area (Å²) in [5.74, 6) is -0.182. The fraction of sp³-hybridized carbons (Fsp3) is 0.158. The Kier molecular flexibility index (Phi) is 5.29. The molecule has 0 fully saturated rings. The lowest BCUT2D eigenvalue weighted by Crippen LogP contribution is -2.25. The fourth-order valence-electron chi connectivity index (χ4n) is 2.56. The van der Waals surface area contributed by atoms with Crippen molar-refractivity contribution in [2.24, 2.45) is 7.05 Å². The third-order valence-corrected chi connectivity index (χ3v) is 6.89. The number of carbonyl (C=O) groups is 1. The topological polar surface area (TPSA) is 76.9 Å². The molecule has 4 rings (SSSR count). The first-order chi connectivity index (χ1) is 13.5. The Morgan fingerprint density at radius 3 is 2.75 bits per heavy atom. The summed E-state index contributed by atoms with van der Waals surface area (Å²) in [5.41, 5.74) is 2.40. The van der Waals surface area contributed by atoms with E-state index in [9.17, 15) is 9.59 Å². The van der Waals surface area contributed by atoms with Gasteiger partial charge in [0.1, 0.15) is 4.70 Å². The molecule has 6 nitrogen and oxygen atoms in total. The Hall–Kier alpha value is -2.49. The van der Waals surface area contributed by atoms with Gasteiger partial charge in [0, 0.05) is 18.0 Å². The first-order valence-electron chi connectivity index (χ1n) is 8.45. The highest BCUT2D eigenvalue weighted by atomic mass is 32.2. The van der Waals surface area contributed by atoms with E-state index in [1.165, 1.54) is 39.0 Å². The van der Waals surface area contributed by atoms with Crippen molar-refractivity contribution in [3.63, 3.8) is 0 Å². The number of anilines is 1. The van der Waals surface area contributed by atoms with Crippen molar-refractivity contribution < 1.29 is 4.79 Å². The zero-order chi connectivity index (χ0) is 19.7. The predicted molar refractivity (Wildman–Crippen MR) is 116 cm³/mol. The van der Waals surface area contributed by atoms with Gasteiger partial charge in [-0.25, -0.2) is 9.97 Å². The van der Waals surface area contributed by atoms with Crippen molar-refractivity contribution in [1.82, 2.24) is 14.5 Å². The van der Waals surface area contributed by atoms with E-state index < -0.39 is 5.25 Å². The third kappa shape index (κ3) is 3.73. The van der Waals surface area contributed by atoms with Crippen LogP contribution in [-0.2, 0) is 11.8 Å². The second-order valence-corrected chi connectivity index (χ2v) is 9.13. The molecule has 9 heteroatoms. The SMILES string of the molecule is CC(Sc1nc2ccsc2c(=O)n1C)C(=O)Nc1nc(-c2ccccc2)cs1. The second kappa shape index (κ2) is 7.86. The maximum atomic E-state index is 12.6. The van der Waals surface area contributed by atoms with E-state index in [0.29, 0.717) is 20.5 Å². The summed E-state index contributed by atoms with van der Waals surface area (Å²) >= 11 is 4.01. The molecular weight excluding hydrogens is 412 g/mol. The quantitative estimate of drug-likeness (QED) is 0.380. The molecule has 1 N–H and O–H groups in total. The van der Waals surface area contributed by atoms with E-state index in [1.54, 1.807) is 14.0 Å². The lowest BCUT2D eigenvalue weighted by atomic mass is 10.2. The molecule has 0 saturated heterocycles. The van der Waals surface area contributed by atoms with Crippen LogP contribution < -0.4 is 10.9 Å². The number of thiophene rings is 1. The number of fused-ring (bicyclic) bond motifs is 1. The van der Waals surface area contributed by atoms with Crippen molar-refractivity contribution in [3.05, 3.63) is 57.5 Å². The van der Waals surface area contributed by atoms with Crippen LogP contribution in [0.15, 0.2) is 57.1 Å². The lowest BCUT2D eigenvalue weighted by molar-refractivity contribution is -0.115. The highest BCUT2D eigenvalue weighted by Crippen LogP contribution is 2.27. The molecule has 0 spiro atoms. The average molecular weight is 429 g/mol. The Bertz CT molecular complexity index is 1200. The van der Waals surface area contributed by atoms with Gasteiger partial charge in [-0.1, -0.05) is 42.1 Å². The zero-order valence-corrected chi connectivity index (χ0v) is 17.5. The molecular formula is C19H16N4O2S3. The van der Waals surface area contributed by atoms with Gasteiger partial charge in [0.05, 0.1) is 16.5 Å². The van der Waals surface area contributed by atoms with Crippen molar-refractivity contribution in [1.29, 1.82) is 0 Å². The van der Waals surface area contributed by atoms with E-state index in [-0.39, 0.29) is 11.5 Å². The summed E-state index contributed by atoms with van der Waals surface area (Å²) in [4.78, 5) is 34.0. The van der Waals surface area contributed by atoms with Gasteiger partial charge in [-0.05, 0) is 18.4 Å². The van der Waals surface area contributed by atoms with Gasteiger partial charge in [0.2, 0.25) is 5.91 Å². The minimum absolute atomic E-state index is 0.0949. The summed E-state index contributed by atoms with van der Waals surface area (Å²) in [6.45, 7) is 1.79. The maximum Gasteiger partial charge on any atom is 0.271 e. The molecule has 3 aromatic heterocycles. The number of aromatic nitrogens is 3. The van der Waals surface area contributed by atoms with Crippen molar-refractivity contribution >= 4 is 55.7 Å². The number of rotatable bonds is 5. The van der Waals surface area contributed by atoms with Gasteiger partial charge >= 0.3 is 0 Å². The van der Waals surface area contributed by atoms with Gasteiger partial charge in [-0.2, -0.15) is 0 Å². The van der Waals surface area contributed by atoms with Crippen LogP contribution in [-0.4, -0.2) is 25.7 Å². The molecule has 28 heavy (non-hydrogen) atoms. The molecule has 142 valence electrons. The number of hydrogen-bond donors (Lipinski definition) is 1. The fourth-order valence-corrected chi connectivity index (χ4v) is 4.97. The monoisotopic (exact) mass is 428 g/mol. The van der Waals surface area contributed by atoms with Crippen molar-refractivity contribution in [2.45, 2.75) is 17.3 Å². The van der Waals surface area contributed by atoms with E-state index in [2.05, 4.69) is 15.3 Å². The number of nitrogens with one attached hydrogen (secondary N) is 1. The number of thioether (sulfide) groups is 1. The smallest absolute Gasteiger partial charge is 0.271 e. The highest BCUT2D eigenvalue weighted by Gasteiger charge is 2.20. The van der Waals surface area contributed by atoms with Crippen LogP contribution in [0.4, 0.5) is 5.13 Å². The highest BCUT2D eigenvalue weighted by molar-refractivity contribution is 8.00. The summed E-state index contributed by atoms with van der Waals surface area (Å²) in [6, 6.07) is 11.6. The van der Waals surface area contributed by atoms with Gasteiger partial charge in [-0.3, -0.25) is 14.2 Å². The van der Waals surface area contributed by atoms with Crippen molar-refractivity contribution in [2.75, 3.05) is 5.32 Å². The lowest BCUT2D eigenvalue weighted by Gasteiger charge is -2.12. The van der Waals surface area contributed by atoms with Crippen LogP contribution >= 0.6 is 34.4 Å². The molecule has 1 atom stereocenters. The third-order valence-electron chi connectivity index (χ3n) is 4.10. The molecule has 3 heterocycles. The van der Waals surface area contributed by atoms with E-state index in [0.717, 1.165) is 11.3 Å². The van der Waals surface area contributed by atoms with Crippen LogP contribution in [0.5, 0.6) is 0 Å². The number of amides is 1. The maximum absolute atomic E-state index is 12.6. The normalized spacial score (nSPS) is 12.2. The molecule has 1 amide bonds. The van der Waals surface area contributed by atoms with E-state index in [1.807, 2.05) is 47.2 Å². The Balaban J connectivity index is 1.48. The minimum Gasteiger partial charge on any atom is -0.301 e. The number of thiazole rings is 1. The summed E-state index contributed by atoms with van der Waals surface area (Å²) < 4.78 is 2.12. The number of hydrogen-bond acceptors (Lipinski definition) is 7. The van der Waals surface area contributed by atoms with Gasteiger partial charge in [0.25, 0.3) is 5.56 Å². The molecule has 0 bridgehead atoms. The Morgan fingerprint density at radius 2 is 1.96 bits per heavy atom. The molecule has 0 aliphatic rings. The van der Waals surface area contributed by atoms with Crippen LogP contribution in [0, 0.1) is 0 Å². The molecule has 1 aromatic carbocycles. The van der Waals surface area contributed by atoms with Crippen LogP contribution in [0.3, 0.4) is 0 Å². The number of benzene rings is 1. The van der Waals surface area contributed by atoms with E-state index in [4.69, 9.17) is 0 Å². The molecule has 0 saturated carbocycles. The van der Waals surface area contributed by atoms with Gasteiger partial charge < -0.3 is 5.32 Å².